The first kappa shape index (κ1) is 51.2. The lowest BCUT2D eigenvalue weighted by Gasteiger charge is -2.33. The van der Waals surface area contributed by atoms with Gasteiger partial charge in [0.15, 0.2) is 0 Å². The van der Waals surface area contributed by atoms with Gasteiger partial charge in [0.2, 0.25) is 0 Å². The second-order valence-corrected chi connectivity index (χ2v) is 24.3. The van der Waals surface area contributed by atoms with E-state index in [9.17, 15) is 5.11 Å². The van der Waals surface area contributed by atoms with E-state index in [0.29, 0.717) is 5.75 Å². The third kappa shape index (κ3) is 12.6. The van der Waals surface area contributed by atoms with Gasteiger partial charge in [0.25, 0.3) is 0 Å². The summed E-state index contributed by atoms with van der Waals surface area (Å²) in [4.78, 5) is 10.5. The Morgan fingerprint density at radius 3 is 1.11 bits per heavy atom. The predicted octanol–water partition coefficient (Wildman–Crippen LogP) is 22.1. The zero-order valence-electron chi connectivity index (χ0n) is 42.5. The second kappa shape index (κ2) is 25.3. The van der Waals surface area contributed by atoms with Gasteiger partial charge in [-0.25, -0.2) is 0 Å². The first-order valence-electron chi connectivity index (χ1n) is 27.2. The zero-order chi connectivity index (χ0) is 48.8. The van der Waals surface area contributed by atoms with Crippen LogP contribution >= 0.6 is 45.3 Å². The number of aromatic hydroxyl groups is 1. The van der Waals surface area contributed by atoms with E-state index in [1.807, 2.05) is 57.5 Å². The van der Waals surface area contributed by atoms with Crippen molar-refractivity contribution in [2.75, 3.05) is 6.61 Å². The number of unbranched alkanes of at least 4 members (excludes halogenated alkanes) is 15. The summed E-state index contributed by atoms with van der Waals surface area (Å²) in [6, 6.07) is 49.7. The molecule has 0 spiro atoms. The highest BCUT2D eigenvalue weighted by Gasteiger charge is 2.43. The molecule has 1 aliphatic carbocycles. The number of ether oxygens (including phenoxy) is 1. The topological polar surface area (TPSA) is 29.5 Å². The Morgan fingerprint density at radius 1 is 0.352 bits per heavy atom. The van der Waals surface area contributed by atoms with Gasteiger partial charge in [-0.1, -0.05) is 154 Å². The highest BCUT2D eigenvalue weighted by atomic mass is 32.1. The summed E-state index contributed by atoms with van der Waals surface area (Å²) in [7, 11) is 0. The second-order valence-electron chi connectivity index (χ2n) is 20.0. The maximum Gasteiger partial charge on any atom is 0.119 e. The number of rotatable bonds is 28. The molecule has 4 heterocycles. The van der Waals surface area contributed by atoms with Crippen molar-refractivity contribution in [2.24, 2.45) is 0 Å². The summed E-state index contributed by atoms with van der Waals surface area (Å²) in [6.07, 6.45) is 25.8. The minimum atomic E-state index is -0.0172. The standard InChI is InChI=1S/C65H74O2S4/c1-4-7-10-13-16-19-42-65(43-20-17-14-11-8-5-2)55-45-49(59-36-40-63(70-59)61-38-34-57(68-61)47-22-28-51(66)29-23-47)26-32-53(55)54-33-27-50(46-56(54)65)60-37-41-64(71-60)62-39-35-58(69-62)48-24-30-52(31-25-48)67-44-21-18-15-12-9-6-3/h22-41,45-46,66H,4-21,42-44H2,1-3H3. The number of phenolic OH excluding ortho intramolecular Hbond substituents is 1. The summed E-state index contributed by atoms with van der Waals surface area (Å²) >= 11 is 7.57. The van der Waals surface area contributed by atoms with Gasteiger partial charge in [-0.05, 0) is 173 Å². The molecular weight excluding hydrogens is 941 g/mol. The monoisotopic (exact) mass is 1010 g/mol. The third-order valence-electron chi connectivity index (χ3n) is 14.8. The van der Waals surface area contributed by atoms with Crippen molar-refractivity contribution in [3.8, 4) is 83.9 Å². The molecule has 8 aromatic rings. The smallest absolute Gasteiger partial charge is 0.119 e. The van der Waals surface area contributed by atoms with Crippen LogP contribution in [0.2, 0.25) is 0 Å². The maximum atomic E-state index is 9.87. The van der Waals surface area contributed by atoms with Crippen LogP contribution in [0.4, 0.5) is 0 Å². The number of benzene rings is 4. The van der Waals surface area contributed by atoms with Crippen molar-refractivity contribution in [1.29, 1.82) is 0 Å². The molecule has 370 valence electrons. The fourth-order valence-electron chi connectivity index (χ4n) is 10.8. The Balaban J connectivity index is 0.981. The van der Waals surface area contributed by atoms with Gasteiger partial charge in [0.1, 0.15) is 11.5 Å². The van der Waals surface area contributed by atoms with Crippen molar-refractivity contribution < 1.29 is 9.84 Å². The molecule has 0 amide bonds. The molecule has 0 bridgehead atoms. The molecule has 1 N–H and O–H groups in total. The van der Waals surface area contributed by atoms with E-state index in [2.05, 4.69) is 130 Å². The summed E-state index contributed by atoms with van der Waals surface area (Å²) in [6.45, 7) is 7.72. The molecule has 0 aliphatic heterocycles. The van der Waals surface area contributed by atoms with E-state index in [1.165, 1.54) is 189 Å². The lowest BCUT2D eigenvalue weighted by Crippen LogP contribution is -2.25. The molecule has 0 radical (unpaired) electrons. The van der Waals surface area contributed by atoms with E-state index in [-0.39, 0.29) is 5.41 Å². The van der Waals surface area contributed by atoms with Crippen LogP contribution in [-0.2, 0) is 5.41 Å². The fourth-order valence-corrected chi connectivity index (χ4v) is 15.0. The van der Waals surface area contributed by atoms with Crippen molar-refractivity contribution >= 4 is 45.3 Å². The molecule has 4 aromatic heterocycles. The van der Waals surface area contributed by atoms with Gasteiger partial charge in [0.05, 0.1) is 6.61 Å². The number of hydrogen-bond donors (Lipinski definition) is 1. The van der Waals surface area contributed by atoms with Crippen molar-refractivity contribution in [3.05, 3.63) is 145 Å². The van der Waals surface area contributed by atoms with Gasteiger partial charge in [-0.15, -0.1) is 45.3 Å². The largest absolute Gasteiger partial charge is 0.508 e. The van der Waals surface area contributed by atoms with Crippen LogP contribution in [0.1, 0.15) is 160 Å². The molecule has 0 saturated heterocycles. The summed E-state index contributed by atoms with van der Waals surface area (Å²) in [5.74, 6) is 1.27. The predicted molar refractivity (Wildman–Crippen MR) is 313 cm³/mol. The van der Waals surface area contributed by atoms with Gasteiger partial charge < -0.3 is 9.84 Å². The van der Waals surface area contributed by atoms with Crippen molar-refractivity contribution in [2.45, 2.75) is 155 Å². The number of phenols is 1. The maximum absolute atomic E-state index is 9.87. The minimum absolute atomic E-state index is 0.0172. The van der Waals surface area contributed by atoms with Crippen molar-refractivity contribution in [3.63, 3.8) is 0 Å². The third-order valence-corrected chi connectivity index (χ3v) is 19.7. The average molecular weight is 1020 g/mol. The molecule has 2 nitrogen and oxygen atoms in total. The summed E-state index contributed by atoms with van der Waals surface area (Å²) in [5, 5.41) is 9.87. The summed E-state index contributed by atoms with van der Waals surface area (Å²) in [5.41, 5.74) is 11.1. The SMILES string of the molecule is CCCCCCCCOc1ccc(-c2ccc(-c3ccc(-c4ccc5c(c4)C(CCCCCCCC)(CCCCCCCC)c4cc(-c6ccc(-c7ccc(-c8ccc(O)cc8)s7)s6)ccc4-5)s3)s2)cc1. The van der Waals surface area contributed by atoms with Crippen LogP contribution in [-0.4, -0.2) is 11.7 Å². The van der Waals surface area contributed by atoms with E-state index in [1.54, 1.807) is 23.3 Å². The van der Waals surface area contributed by atoms with Gasteiger partial charge >= 0.3 is 0 Å². The fraction of sp³-hybridized carbons (Fsp3) is 0.385. The average Bonchev–Trinajstić information content (AvgIpc) is 4.27. The Bertz CT molecular complexity index is 2870. The van der Waals surface area contributed by atoms with Gasteiger partial charge in [-0.2, -0.15) is 0 Å². The Morgan fingerprint density at radius 2 is 0.690 bits per heavy atom. The number of fused-ring (bicyclic) bond motifs is 3. The van der Waals surface area contributed by atoms with E-state index >= 15 is 0 Å². The molecule has 9 rings (SSSR count). The van der Waals surface area contributed by atoms with Crippen LogP contribution in [0.5, 0.6) is 11.5 Å². The summed E-state index contributed by atoms with van der Waals surface area (Å²) < 4.78 is 6.11. The molecule has 0 unspecified atom stereocenters. The molecule has 71 heavy (non-hydrogen) atoms. The number of thiophene rings is 4. The van der Waals surface area contributed by atoms with Crippen LogP contribution < -0.4 is 4.74 Å². The molecular formula is C65H74O2S4. The molecule has 0 saturated carbocycles. The van der Waals surface area contributed by atoms with Crippen LogP contribution in [0.15, 0.2) is 133 Å². The molecule has 4 aromatic carbocycles. The first-order chi connectivity index (χ1) is 35.0. The Labute approximate surface area is 441 Å². The number of hydrogen-bond acceptors (Lipinski definition) is 6. The molecule has 1 aliphatic rings. The van der Waals surface area contributed by atoms with E-state index in [4.69, 9.17) is 4.74 Å². The molecule has 0 atom stereocenters. The molecule has 0 fully saturated rings. The highest BCUT2D eigenvalue weighted by Crippen LogP contribution is 2.57. The highest BCUT2D eigenvalue weighted by molar-refractivity contribution is 7.25. The van der Waals surface area contributed by atoms with Crippen molar-refractivity contribution in [1.82, 2.24) is 0 Å². The first-order valence-corrected chi connectivity index (χ1v) is 30.5. The zero-order valence-corrected chi connectivity index (χ0v) is 45.8. The van der Waals surface area contributed by atoms with Crippen LogP contribution in [0.25, 0.3) is 72.4 Å². The van der Waals surface area contributed by atoms with E-state index < -0.39 is 0 Å². The Hall–Kier alpha value is -4.72. The lowest BCUT2D eigenvalue weighted by atomic mass is 9.70. The molecule has 6 heteroatoms. The normalized spacial score (nSPS) is 12.7. The quantitative estimate of drug-likeness (QED) is 0.0496. The lowest BCUT2D eigenvalue weighted by molar-refractivity contribution is 0.304. The van der Waals surface area contributed by atoms with E-state index in [0.717, 1.165) is 24.3 Å². The minimum Gasteiger partial charge on any atom is -0.508 e. The van der Waals surface area contributed by atoms with Gasteiger partial charge in [-0.3, -0.25) is 0 Å². The van der Waals surface area contributed by atoms with Crippen LogP contribution in [0.3, 0.4) is 0 Å². The van der Waals surface area contributed by atoms with Gasteiger partial charge in [0, 0.05) is 44.4 Å². The van der Waals surface area contributed by atoms with Crippen LogP contribution in [0, 0.1) is 0 Å². The Kier molecular flexibility index (Phi) is 18.2.